The Morgan fingerprint density at radius 2 is 2.14 bits per heavy atom. The highest BCUT2D eigenvalue weighted by atomic mass is 19.3. The first-order valence-electron chi connectivity index (χ1n) is 11.9. The summed E-state index contributed by atoms with van der Waals surface area (Å²) in [7, 11) is 0. The van der Waals surface area contributed by atoms with Crippen molar-refractivity contribution in [2.45, 2.75) is 63.5 Å². The number of hydrogen-bond acceptors (Lipinski definition) is 6. The van der Waals surface area contributed by atoms with Crippen LogP contribution in [0.3, 0.4) is 0 Å². The molecule has 1 aliphatic heterocycles. The molecule has 35 heavy (non-hydrogen) atoms. The minimum Gasteiger partial charge on any atom is -0.492 e. The van der Waals surface area contributed by atoms with Gasteiger partial charge in [0.15, 0.2) is 0 Å². The maximum Gasteiger partial charge on any atom is 0.257 e. The number of aromatic nitrogens is 2. The number of alkyl halides is 2. The number of carbonyl (C=O) groups is 1. The van der Waals surface area contributed by atoms with E-state index in [0.717, 1.165) is 0 Å². The molecule has 0 bridgehead atoms. The molecule has 1 amide bonds. The molecule has 1 saturated carbocycles. The van der Waals surface area contributed by atoms with Gasteiger partial charge in [0.25, 0.3) is 11.5 Å². The standard InChI is InChI=1S/C25H32F2N4O4/c1-15(22(32)30-21-7-6-18(12-28-21)35-14-16-4-5-16)31-9-8-25(26,27)20(13-31)17-10-19(24(2,3)34)23(33)29-11-17/h6-7,10-12,15-16,20,34H,4-5,8-9,13-14H2,1-3H3,(H,29,33)(H,28,30,32)/t15?,20-/m1/s1. The van der Waals surface area contributed by atoms with Crippen LogP contribution >= 0.6 is 0 Å². The van der Waals surface area contributed by atoms with Gasteiger partial charge in [0.05, 0.1) is 30.4 Å². The van der Waals surface area contributed by atoms with Crippen LogP contribution in [0.15, 0.2) is 35.4 Å². The molecule has 0 spiro atoms. The monoisotopic (exact) mass is 490 g/mol. The highest BCUT2D eigenvalue weighted by Crippen LogP contribution is 2.41. The fourth-order valence-corrected chi connectivity index (χ4v) is 4.22. The molecular formula is C25H32F2N4O4. The number of H-pyrrole nitrogens is 1. The molecule has 0 aromatic carbocycles. The number of amides is 1. The van der Waals surface area contributed by atoms with Crippen LogP contribution in [0.5, 0.6) is 5.75 Å². The number of aromatic amines is 1. The zero-order chi connectivity index (χ0) is 25.4. The summed E-state index contributed by atoms with van der Waals surface area (Å²) in [6.45, 7) is 5.15. The molecule has 2 atom stereocenters. The summed E-state index contributed by atoms with van der Waals surface area (Å²) < 4.78 is 35.5. The first-order valence-corrected chi connectivity index (χ1v) is 11.9. The minimum atomic E-state index is -3.03. The molecule has 3 N–H and O–H groups in total. The Hall–Kier alpha value is -2.85. The highest BCUT2D eigenvalue weighted by molar-refractivity contribution is 5.93. The molecule has 2 aliphatic rings. The third kappa shape index (κ3) is 6.05. The molecule has 2 fully saturated rings. The maximum absolute atomic E-state index is 14.9. The average molecular weight is 491 g/mol. The molecule has 2 aromatic rings. The van der Waals surface area contributed by atoms with Crippen LogP contribution < -0.4 is 15.6 Å². The van der Waals surface area contributed by atoms with Gasteiger partial charge in [0.1, 0.15) is 11.6 Å². The van der Waals surface area contributed by atoms with E-state index in [2.05, 4.69) is 15.3 Å². The van der Waals surface area contributed by atoms with Crippen LogP contribution in [0.1, 0.15) is 57.1 Å². The van der Waals surface area contributed by atoms with Crippen LogP contribution in [0.2, 0.25) is 0 Å². The summed E-state index contributed by atoms with van der Waals surface area (Å²) in [6.07, 6.45) is 4.76. The molecule has 10 heteroatoms. The molecule has 190 valence electrons. The lowest BCUT2D eigenvalue weighted by molar-refractivity contribution is -0.125. The number of halogens is 2. The van der Waals surface area contributed by atoms with E-state index in [4.69, 9.17) is 4.74 Å². The molecule has 0 radical (unpaired) electrons. The quantitative estimate of drug-likeness (QED) is 0.525. The van der Waals surface area contributed by atoms with Gasteiger partial charge in [-0.1, -0.05) is 0 Å². The van der Waals surface area contributed by atoms with Crippen LogP contribution in [0.25, 0.3) is 0 Å². The van der Waals surface area contributed by atoms with Crippen molar-refractivity contribution in [1.82, 2.24) is 14.9 Å². The Labute approximate surface area is 202 Å². The van der Waals surface area contributed by atoms with Gasteiger partial charge >= 0.3 is 0 Å². The lowest BCUT2D eigenvalue weighted by Crippen LogP contribution is -2.52. The Morgan fingerprint density at radius 3 is 2.77 bits per heavy atom. The maximum atomic E-state index is 14.9. The zero-order valence-corrected chi connectivity index (χ0v) is 20.2. The van der Waals surface area contributed by atoms with Gasteiger partial charge in [-0.3, -0.25) is 14.5 Å². The Balaban J connectivity index is 1.43. The number of rotatable bonds is 8. The topological polar surface area (TPSA) is 108 Å². The molecule has 8 nitrogen and oxygen atoms in total. The SMILES string of the molecule is CC(C(=O)Nc1ccc(OCC2CC2)cn1)N1CCC(F)(F)[C@@H](c2c[nH]c(=O)c(C(C)(C)O)c2)C1. The molecule has 4 rings (SSSR count). The summed E-state index contributed by atoms with van der Waals surface area (Å²) >= 11 is 0. The van der Waals surface area contributed by atoms with E-state index in [-0.39, 0.29) is 30.1 Å². The number of carbonyl (C=O) groups excluding carboxylic acids is 1. The molecule has 2 aromatic heterocycles. The largest absolute Gasteiger partial charge is 0.492 e. The highest BCUT2D eigenvalue weighted by Gasteiger charge is 2.46. The summed E-state index contributed by atoms with van der Waals surface area (Å²) in [4.78, 5) is 33.3. The normalized spacial score (nSPS) is 21.4. The van der Waals surface area contributed by atoms with Crippen molar-refractivity contribution in [3.05, 3.63) is 52.1 Å². The van der Waals surface area contributed by atoms with Gasteiger partial charge < -0.3 is 20.1 Å². The number of hydrogen-bond donors (Lipinski definition) is 3. The van der Waals surface area contributed by atoms with Crippen molar-refractivity contribution in [2.75, 3.05) is 25.0 Å². The van der Waals surface area contributed by atoms with Crippen LogP contribution in [0, 0.1) is 5.92 Å². The molecule has 1 unspecified atom stereocenters. The molecule has 1 aliphatic carbocycles. The van der Waals surface area contributed by atoms with Crippen LogP contribution in [-0.4, -0.2) is 57.5 Å². The Morgan fingerprint density at radius 1 is 1.40 bits per heavy atom. The summed E-state index contributed by atoms with van der Waals surface area (Å²) in [6, 6.07) is 4.04. The van der Waals surface area contributed by atoms with Crippen LogP contribution in [-0.2, 0) is 10.4 Å². The van der Waals surface area contributed by atoms with Crippen molar-refractivity contribution in [1.29, 1.82) is 0 Å². The second-order valence-corrected chi connectivity index (χ2v) is 10.1. The second kappa shape index (κ2) is 9.66. The predicted molar refractivity (Wildman–Crippen MR) is 127 cm³/mol. The fourth-order valence-electron chi connectivity index (χ4n) is 4.22. The predicted octanol–water partition coefficient (Wildman–Crippen LogP) is 3.24. The van der Waals surface area contributed by atoms with E-state index >= 15 is 0 Å². The van der Waals surface area contributed by atoms with Gasteiger partial charge in [0.2, 0.25) is 5.91 Å². The smallest absolute Gasteiger partial charge is 0.257 e. The number of aliphatic hydroxyl groups is 1. The first-order chi connectivity index (χ1) is 16.4. The van der Waals surface area contributed by atoms with Crippen LogP contribution in [0.4, 0.5) is 14.6 Å². The first kappa shape index (κ1) is 25.2. The fraction of sp³-hybridized carbons (Fsp3) is 0.560. The molecule has 3 heterocycles. The average Bonchev–Trinajstić information content (AvgIpc) is 3.62. The summed E-state index contributed by atoms with van der Waals surface area (Å²) in [5.41, 5.74) is -1.77. The number of anilines is 1. The number of nitrogens with one attached hydrogen (secondary N) is 2. The summed E-state index contributed by atoms with van der Waals surface area (Å²) in [5.74, 6) is -3.02. The van der Waals surface area contributed by atoms with Gasteiger partial charge in [-0.25, -0.2) is 13.8 Å². The molecule has 1 saturated heterocycles. The van der Waals surface area contributed by atoms with E-state index in [0.29, 0.717) is 24.1 Å². The summed E-state index contributed by atoms with van der Waals surface area (Å²) in [5, 5.41) is 13.0. The van der Waals surface area contributed by atoms with E-state index in [1.165, 1.54) is 39.0 Å². The van der Waals surface area contributed by atoms with Gasteiger partial charge in [-0.2, -0.15) is 0 Å². The van der Waals surface area contributed by atoms with E-state index in [9.17, 15) is 23.5 Å². The number of pyridine rings is 2. The third-order valence-corrected chi connectivity index (χ3v) is 6.74. The molecular weight excluding hydrogens is 458 g/mol. The lowest BCUT2D eigenvalue weighted by atomic mass is 9.85. The number of ether oxygens (including phenoxy) is 1. The van der Waals surface area contributed by atoms with Crippen molar-refractivity contribution < 1.29 is 23.4 Å². The Kier molecular flexibility index (Phi) is 6.97. The van der Waals surface area contributed by atoms with Crippen molar-refractivity contribution in [3.63, 3.8) is 0 Å². The van der Waals surface area contributed by atoms with Crippen molar-refractivity contribution >= 4 is 11.7 Å². The van der Waals surface area contributed by atoms with Gasteiger partial charge in [0, 0.05) is 31.3 Å². The minimum absolute atomic E-state index is 0.0179. The zero-order valence-electron chi connectivity index (χ0n) is 20.2. The lowest BCUT2D eigenvalue weighted by Gasteiger charge is -2.41. The van der Waals surface area contributed by atoms with Gasteiger partial charge in [-0.15, -0.1) is 0 Å². The number of nitrogens with zero attached hydrogens (tertiary/aromatic N) is 2. The van der Waals surface area contributed by atoms with Crippen molar-refractivity contribution in [2.24, 2.45) is 5.92 Å². The van der Waals surface area contributed by atoms with E-state index < -0.39 is 35.5 Å². The van der Waals surface area contributed by atoms with Gasteiger partial charge in [-0.05, 0) is 63.3 Å². The number of likely N-dealkylation sites (tertiary alicyclic amines) is 1. The van der Waals surface area contributed by atoms with E-state index in [1.54, 1.807) is 30.2 Å². The number of piperidine rings is 1. The third-order valence-electron chi connectivity index (χ3n) is 6.74. The second-order valence-electron chi connectivity index (χ2n) is 10.1. The van der Waals surface area contributed by atoms with Crippen molar-refractivity contribution in [3.8, 4) is 5.75 Å². The van der Waals surface area contributed by atoms with E-state index in [1.807, 2.05) is 0 Å². The Bertz CT molecular complexity index is 1110.